The molecule has 0 saturated carbocycles. The van der Waals surface area contributed by atoms with Gasteiger partial charge < -0.3 is 9.90 Å². The number of fused-ring (bicyclic) bond motifs is 1. The van der Waals surface area contributed by atoms with Gasteiger partial charge in [-0.05, 0) is 25.5 Å². The van der Waals surface area contributed by atoms with E-state index in [1.165, 1.54) is 6.42 Å². The Hall–Kier alpha value is -1.17. The van der Waals surface area contributed by atoms with Crippen molar-refractivity contribution in [3.05, 3.63) is 29.0 Å². The number of carboxylic acid groups (broad SMARTS) is 1. The lowest BCUT2D eigenvalue weighted by molar-refractivity contribution is -0.312. The molecule has 2 aliphatic heterocycles. The number of carboxylic acids is 1. The lowest BCUT2D eigenvalue weighted by Gasteiger charge is -2.42. The Balaban J connectivity index is 1.84. The summed E-state index contributed by atoms with van der Waals surface area (Å²) in [7, 11) is 0. The molecule has 0 amide bonds. The summed E-state index contributed by atoms with van der Waals surface area (Å²) >= 11 is 6.05. The number of piperazine rings is 1. The van der Waals surface area contributed by atoms with E-state index >= 15 is 0 Å². The number of carbonyl (C=O) groups excluding carboxylic acids is 1. The van der Waals surface area contributed by atoms with Gasteiger partial charge in [-0.2, -0.15) is 0 Å². The van der Waals surface area contributed by atoms with Crippen LogP contribution in [0.15, 0.2) is 18.3 Å². The maximum absolute atomic E-state index is 11.6. The standard InChI is InChI=1S/C14H18ClN3O2/c15-13-11(4-1-5-16-13)12(14(19)20)18-8-7-17-6-2-3-10(17)9-18/h1,4-5,10,12H,2-3,6-9H2,(H,19,20)/p-1/t10-,12?/m1/s1. The third-order valence-electron chi connectivity index (χ3n) is 4.29. The molecule has 2 saturated heterocycles. The van der Waals surface area contributed by atoms with Gasteiger partial charge >= 0.3 is 0 Å². The van der Waals surface area contributed by atoms with Crippen molar-refractivity contribution in [1.82, 2.24) is 14.8 Å². The molecular weight excluding hydrogens is 278 g/mol. The number of aromatic nitrogens is 1. The van der Waals surface area contributed by atoms with E-state index in [2.05, 4.69) is 9.88 Å². The SMILES string of the molecule is O=C([O-])C(c1cccnc1Cl)N1CCN2CCC[C@@H]2C1. The molecule has 2 fully saturated rings. The molecule has 0 bridgehead atoms. The van der Waals surface area contributed by atoms with Gasteiger partial charge in [-0.25, -0.2) is 4.98 Å². The third kappa shape index (κ3) is 2.53. The second-order valence-corrected chi connectivity index (χ2v) is 5.79. The van der Waals surface area contributed by atoms with E-state index in [4.69, 9.17) is 11.6 Å². The minimum atomic E-state index is -1.11. The summed E-state index contributed by atoms with van der Waals surface area (Å²) in [6, 6.07) is 3.08. The van der Waals surface area contributed by atoms with E-state index in [9.17, 15) is 9.90 Å². The highest BCUT2D eigenvalue weighted by Gasteiger charge is 2.35. The number of halogens is 1. The van der Waals surface area contributed by atoms with Crippen molar-refractivity contribution >= 4 is 17.6 Å². The van der Waals surface area contributed by atoms with Gasteiger partial charge in [-0.3, -0.25) is 9.80 Å². The zero-order valence-corrected chi connectivity index (χ0v) is 11.9. The van der Waals surface area contributed by atoms with Crippen molar-refractivity contribution in [2.45, 2.75) is 24.9 Å². The first-order valence-electron chi connectivity index (χ1n) is 6.96. The van der Waals surface area contributed by atoms with Crippen LogP contribution in [-0.2, 0) is 4.79 Å². The maximum Gasteiger partial charge on any atom is 0.134 e. The lowest BCUT2D eigenvalue weighted by Crippen LogP contribution is -2.54. The van der Waals surface area contributed by atoms with Gasteiger partial charge in [0.2, 0.25) is 0 Å². The number of hydrogen-bond acceptors (Lipinski definition) is 5. The molecule has 5 nitrogen and oxygen atoms in total. The van der Waals surface area contributed by atoms with E-state index in [0.717, 1.165) is 32.6 Å². The van der Waals surface area contributed by atoms with Crippen LogP contribution in [0.3, 0.4) is 0 Å². The van der Waals surface area contributed by atoms with Crippen molar-refractivity contribution < 1.29 is 9.90 Å². The molecule has 1 aromatic rings. The van der Waals surface area contributed by atoms with Gasteiger partial charge in [0.25, 0.3) is 0 Å². The van der Waals surface area contributed by atoms with E-state index in [-0.39, 0.29) is 5.15 Å². The number of nitrogens with zero attached hydrogens (tertiary/aromatic N) is 3. The lowest BCUT2D eigenvalue weighted by atomic mass is 10.0. The monoisotopic (exact) mass is 294 g/mol. The average Bonchev–Trinajstić information content (AvgIpc) is 2.88. The van der Waals surface area contributed by atoms with Gasteiger partial charge in [0.1, 0.15) is 5.15 Å². The quantitative estimate of drug-likeness (QED) is 0.751. The number of carbonyl (C=O) groups is 1. The topological polar surface area (TPSA) is 59.5 Å². The van der Waals surface area contributed by atoms with E-state index in [1.54, 1.807) is 18.3 Å². The van der Waals surface area contributed by atoms with E-state index < -0.39 is 12.0 Å². The predicted octanol–water partition coefficient (Wildman–Crippen LogP) is 0.306. The molecule has 2 aliphatic rings. The average molecular weight is 295 g/mol. The maximum atomic E-state index is 11.6. The van der Waals surface area contributed by atoms with E-state index in [0.29, 0.717) is 11.6 Å². The van der Waals surface area contributed by atoms with Gasteiger partial charge in [0, 0.05) is 37.4 Å². The molecule has 0 aromatic carbocycles. The Kier molecular flexibility index (Phi) is 3.92. The van der Waals surface area contributed by atoms with Crippen LogP contribution in [0.4, 0.5) is 0 Å². The summed E-state index contributed by atoms with van der Waals surface area (Å²) in [6.45, 7) is 3.51. The zero-order valence-electron chi connectivity index (χ0n) is 11.2. The number of aliphatic carboxylic acids is 1. The van der Waals surface area contributed by atoms with Gasteiger partial charge in [-0.15, -0.1) is 0 Å². The highest BCUT2D eigenvalue weighted by Crippen LogP contribution is 2.30. The minimum absolute atomic E-state index is 0.246. The summed E-state index contributed by atoms with van der Waals surface area (Å²) in [5, 5.41) is 11.8. The van der Waals surface area contributed by atoms with Crippen molar-refractivity contribution in [1.29, 1.82) is 0 Å². The fourth-order valence-electron chi connectivity index (χ4n) is 3.32. The Bertz CT molecular complexity index is 511. The summed E-state index contributed by atoms with van der Waals surface area (Å²) in [4.78, 5) is 20.0. The Morgan fingerprint density at radius 1 is 1.45 bits per heavy atom. The number of rotatable bonds is 3. The van der Waals surface area contributed by atoms with Gasteiger partial charge in [0.05, 0.1) is 12.0 Å². The summed E-state index contributed by atoms with van der Waals surface area (Å²) in [5.41, 5.74) is 0.528. The fourth-order valence-corrected chi connectivity index (χ4v) is 3.55. The van der Waals surface area contributed by atoms with Crippen molar-refractivity contribution in [3.8, 4) is 0 Å². The number of hydrogen-bond donors (Lipinski definition) is 0. The first kappa shape index (κ1) is 13.8. The van der Waals surface area contributed by atoms with Crippen LogP contribution in [0, 0.1) is 0 Å². The molecule has 3 heterocycles. The van der Waals surface area contributed by atoms with Crippen LogP contribution in [0.5, 0.6) is 0 Å². The molecule has 2 atom stereocenters. The molecule has 0 aliphatic carbocycles. The van der Waals surface area contributed by atoms with Crippen LogP contribution in [0.2, 0.25) is 5.15 Å². The van der Waals surface area contributed by atoms with Crippen LogP contribution in [0.25, 0.3) is 0 Å². The summed E-state index contributed by atoms with van der Waals surface area (Å²) < 4.78 is 0. The molecular formula is C14H17ClN3O2-. The predicted molar refractivity (Wildman–Crippen MR) is 73.2 cm³/mol. The molecule has 20 heavy (non-hydrogen) atoms. The molecule has 1 aromatic heterocycles. The Morgan fingerprint density at radius 2 is 2.30 bits per heavy atom. The molecule has 3 rings (SSSR count). The summed E-state index contributed by atoms with van der Waals surface area (Å²) in [6.07, 6.45) is 3.90. The third-order valence-corrected chi connectivity index (χ3v) is 4.61. The van der Waals surface area contributed by atoms with Crippen molar-refractivity contribution in [3.63, 3.8) is 0 Å². The molecule has 108 valence electrons. The van der Waals surface area contributed by atoms with Gasteiger partial charge in [0.15, 0.2) is 0 Å². The first-order valence-corrected chi connectivity index (χ1v) is 7.34. The second-order valence-electron chi connectivity index (χ2n) is 5.43. The summed E-state index contributed by atoms with van der Waals surface area (Å²) in [5.74, 6) is -1.11. The number of pyridine rings is 1. The smallest absolute Gasteiger partial charge is 0.134 e. The van der Waals surface area contributed by atoms with E-state index in [1.807, 2.05) is 4.90 Å². The van der Waals surface area contributed by atoms with Crippen LogP contribution in [0.1, 0.15) is 24.4 Å². The molecule has 6 heteroatoms. The van der Waals surface area contributed by atoms with Crippen molar-refractivity contribution in [2.75, 3.05) is 26.2 Å². The first-order chi connectivity index (χ1) is 9.66. The van der Waals surface area contributed by atoms with Crippen LogP contribution in [-0.4, -0.2) is 53.0 Å². The minimum Gasteiger partial charge on any atom is -0.548 e. The zero-order chi connectivity index (χ0) is 14.1. The molecule has 1 unspecified atom stereocenters. The fraction of sp³-hybridized carbons (Fsp3) is 0.571. The Morgan fingerprint density at radius 3 is 3.05 bits per heavy atom. The highest BCUT2D eigenvalue weighted by atomic mass is 35.5. The van der Waals surface area contributed by atoms with Crippen LogP contribution >= 0.6 is 11.6 Å². The van der Waals surface area contributed by atoms with Gasteiger partial charge in [-0.1, -0.05) is 17.7 Å². The molecule has 0 spiro atoms. The highest BCUT2D eigenvalue weighted by molar-refractivity contribution is 6.30. The Labute approximate surface area is 123 Å². The van der Waals surface area contributed by atoms with Crippen LogP contribution < -0.4 is 5.11 Å². The largest absolute Gasteiger partial charge is 0.548 e. The molecule has 0 radical (unpaired) electrons. The normalized spacial score (nSPS) is 25.4. The van der Waals surface area contributed by atoms with Crippen molar-refractivity contribution in [2.24, 2.45) is 0 Å². The molecule has 0 N–H and O–H groups in total. The second kappa shape index (κ2) is 5.68.